The molecule has 0 radical (unpaired) electrons. The van der Waals surface area contributed by atoms with E-state index in [1.807, 2.05) is 6.92 Å². The van der Waals surface area contributed by atoms with Crippen LogP contribution in [0.1, 0.15) is 29.3 Å². The van der Waals surface area contributed by atoms with Gasteiger partial charge in [0, 0.05) is 0 Å². The molecule has 0 amide bonds. The number of hydrogen-bond acceptors (Lipinski definition) is 2. The third-order valence-corrected chi connectivity index (χ3v) is 1.92. The topological polar surface area (TPSA) is 57.5 Å². The molecule has 0 aliphatic heterocycles. The molecule has 1 aromatic rings. The Morgan fingerprint density at radius 2 is 2.14 bits per heavy atom. The van der Waals surface area contributed by atoms with Crippen LogP contribution in [0.15, 0.2) is 12.1 Å². The molecule has 0 aliphatic rings. The lowest BCUT2D eigenvalue weighted by Gasteiger charge is -2.05. The molecule has 0 aliphatic carbocycles. The van der Waals surface area contributed by atoms with Gasteiger partial charge in [0.05, 0.1) is 5.56 Å². The summed E-state index contributed by atoms with van der Waals surface area (Å²) >= 11 is 0. The Morgan fingerprint density at radius 1 is 1.50 bits per heavy atom. The summed E-state index contributed by atoms with van der Waals surface area (Å²) in [5.74, 6) is -2.34. The van der Waals surface area contributed by atoms with Gasteiger partial charge in [-0.05, 0) is 24.1 Å². The minimum atomic E-state index is -1.37. The summed E-state index contributed by atoms with van der Waals surface area (Å²) in [4.78, 5) is 10.5. The predicted molar refractivity (Wildman–Crippen MR) is 49.0 cm³/mol. The molecule has 0 saturated heterocycles. The van der Waals surface area contributed by atoms with Crippen LogP contribution in [-0.2, 0) is 6.42 Å². The standard InChI is InChI=1S/C10H11FO3/c1-2-3-6-4-8(11)7(10(13)14)5-9(6)12/h4-5,12H,2-3H2,1H3,(H,13,14). The SMILES string of the molecule is CCCc1cc(F)c(C(=O)O)cc1O. The van der Waals surface area contributed by atoms with E-state index in [1.54, 1.807) is 0 Å². The van der Waals surface area contributed by atoms with Crippen molar-refractivity contribution in [2.45, 2.75) is 19.8 Å². The van der Waals surface area contributed by atoms with Crippen molar-refractivity contribution >= 4 is 5.97 Å². The maximum atomic E-state index is 13.1. The van der Waals surface area contributed by atoms with Crippen LogP contribution >= 0.6 is 0 Å². The fourth-order valence-electron chi connectivity index (χ4n) is 1.24. The number of carboxylic acid groups (broad SMARTS) is 1. The monoisotopic (exact) mass is 198 g/mol. The van der Waals surface area contributed by atoms with E-state index in [0.29, 0.717) is 12.0 Å². The summed E-state index contributed by atoms with van der Waals surface area (Å²) in [5.41, 5.74) is -0.0580. The molecule has 76 valence electrons. The van der Waals surface area contributed by atoms with Crippen LogP contribution in [0.25, 0.3) is 0 Å². The molecule has 0 bridgehead atoms. The number of halogens is 1. The van der Waals surface area contributed by atoms with Crippen LogP contribution in [0.3, 0.4) is 0 Å². The summed E-state index contributed by atoms with van der Waals surface area (Å²) in [6.45, 7) is 1.89. The van der Waals surface area contributed by atoms with E-state index in [-0.39, 0.29) is 5.75 Å². The smallest absolute Gasteiger partial charge is 0.338 e. The van der Waals surface area contributed by atoms with Gasteiger partial charge in [-0.2, -0.15) is 0 Å². The first kappa shape index (κ1) is 10.5. The van der Waals surface area contributed by atoms with Gasteiger partial charge in [0.15, 0.2) is 0 Å². The number of aryl methyl sites for hydroxylation is 1. The van der Waals surface area contributed by atoms with Crippen molar-refractivity contribution in [3.05, 3.63) is 29.1 Å². The van der Waals surface area contributed by atoms with Crippen LogP contribution in [0.2, 0.25) is 0 Å². The molecular weight excluding hydrogens is 187 g/mol. The molecule has 14 heavy (non-hydrogen) atoms. The highest BCUT2D eigenvalue weighted by atomic mass is 19.1. The van der Waals surface area contributed by atoms with E-state index in [0.717, 1.165) is 18.6 Å². The van der Waals surface area contributed by atoms with Crippen molar-refractivity contribution in [1.29, 1.82) is 0 Å². The van der Waals surface area contributed by atoms with E-state index in [1.165, 1.54) is 0 Å². The van der Waals surface area contributed by atoms with Crippen molar-refractivity contribution in [3.8, 4) is 5.75 Å². The lowest BCUT2D eigenvalue weighted by Crippen LogP contribution is -2.01. The zero-order valence-corrected chi connectivity index (χ0v) is 7.75. The van der Waals surface area contributed by atoms with Gasteiger partial charge in [0.1, 0.15) is 11.6 Å². The van der Waals surface area contributed by atoms with Crippen LogP contribution in [0.4, 0.5) is 4.39 Å². The molecule has 4 heteroatoms. The molecule has 0 atom stereocenters. The Bertz CT molecular complexity index is 361. The lowest BCUT2D eigenvalue weighted by atomic mass is 10.1. The molecule has 0 unspecified atom stereocenters. The van der Waals surface area contributed by atoms with Crippen LogP contribution in [0, 0.1) is 5.82 Å². The fourth-order valence-corrected chi connectivity index (χ4v) is 1.24. The first-order valence-electron chi connectivity index (χ1n) is 4.31. The van der Waals surface area contributed by atoms with Gasteiger partial charge in [0.25, 0.3) is 0 Å². The van der Waals surface area contributed by atoms with Gasteiger partial charge in [-0.25, -0.2) is 9.18 Å². The number of phenolic OH excluding ortho intramolecular Hbond substituents is 1. The molecule has 0 saturated carbocycles. The summed E-state index contributed by atoms with van der Waals surface area (Å²) in [5, 5.41) is 17.9. The maximum absolute atomic E-state index is 13.1. The van der Waals surface area contributed by atoms with E-state index in [2.05, 4.69) is 0 Å². The zero-order chi connectivity index (χ0) is 10.7. The van der Waals surface area contributed by atoms with Crippen molar-refractivity contribution in [1.82, 2.24) is 0 Å². The molecule has 1 aromatic carbocycles. The number of hydrogen-bond donors (Lipinski definition) is 2. The number of benzene rings is 1. The van der Waals surface area contributed by atoms with Gasteiger partial charge in [0.2, 0.25) is 0 Å². The Balaban J connectivity index is 3.17. The minimum absolute atomic E-state index is 0.161. The second-order valence-electron chi connectivity index (χ2n) is 3.02. The second-order valence-corrected chi connectivity index (χ2v) is 3.02. The summed E-state index contributed by atoms with van der Waals surface area (Å²) in [6.07, 6.45) is 1.29. The normalized spacial score (nSPS) is 10.1. The fraction of sp³-hybridized carbons (Fsp3) is 0.300. The predicted octanol–water partition coefficient (Wildman–Crippen LogP) is 2.18. The molecule has 2 N–H and O–H groups in total. The highest BCUT2D eigenvalue weighted by molar-refractivity contribution is 5.88. The van der Waals surface area contributed by atoms with Crippen molar-refractivity contribution in [2.24, 2.45) is 0 Å². The lowest BCUT2D eigenvalue weighted by molar-refractivity contribution is 0.0691. The number of rotatable bonds is 3. The number of aromatic hydroxyl groups is 1. The van der Waals surface area contributed by atoms with E-state index in [4.69, 9.17) is 5.11 Å². The van der Waals surface area contributed by atoms with Gasteiger partial charge < -0.3 is 10.2 Å². The number of aromatic carboxylic acids is 1. The Hall–Kier alpha value is -1.58. The average molecular weight is 198 g/mol. The average Bonchev–Trinajstić information content (AvgIpc) is 2.10. The second kappa shape index (κ2) is 4.09. The first-order chi connectivity index (χ1) is 6.56. The minimum Gasteiger partial charge on any atom is -0.508 e. The molecule has 0 heterocycles. The molecule has 1 rings (SSSR count). The first-order valence-corrected chi connectivity index (χ1v) is 4.31. The van der Waals surface area contributed by atoms with Gasteiger partial charge >= 0.3 is 5.97 Å². The van der Waals surface area contributed by atoms with Crippen LogP contribution in [0.5, 0.6) is 5.75 Å². The quantitative estimate of drug-likeness (QED) is 0.782. The Labute approximate surface area is 80.8 Å². The van der Waals surface area contributed by atoms with Crippen LogP contribution < -0.4 is 0 Å². The highest BCUT2D eigenvalue weighted by Gasteiger charge is 2.13. The van der Waals surface area contributed by atoms with Crippen molar-refractivity contribution in [3.63, 3.8) is 0 Å². The van der Waals surface area contributed by atoms with Crippen molar-refractivity contribution in [2.75, 3.05) is 0 Å². The summed E-state index contributed by atoms with van der Waals surface area (Å²) < 4.78 is 13.1. The number of carboxylic acids is 1. The summed E-state index contributed by atoms with van der Waals surface area (Å²) in [7, 11) is 0. The zero-order valence-electron chi connectivity index (χ0n) is 7.75. The van der Waals surface area contributed by atoms with Crippen LogP contribution in [-0.4, -0.2) is 16.2 Å². The van der Waals surface area contributed by atoms with Gasteiger partial charge in [-0.1, -0.05) is 13.3 Å². The molecule has 0 aromatic heterocycles. The maximum Gasteiger partial charge on any atom is 0.338 e. The highest BCUT2D eigenvalue weighted by Crippen LogP contribution is 2.23. The number of phenols is 1. The van der Waals surface area contributed by atoms with Gasteiger partial charge in [-0.3, -0.25) is 0 Å². The van der Waals surface area contributed by atoms with Gasteiger partial charge in [-0.15, -0.1) is 0 Å². The molecule has 3 nitrogen and oxygen atoms in total. The third-order valence-electron chi connectivity index (χ3n) is 1.92. The Morgan fingerprint density at radius 3 is 2.64 bits per heavy atom. The Kier molecular flexibility index (Phi) is 3.06. The largest absolute Gasteiger partial charge is 0.508 e. The summed E-state index contributed by atoms with van der Waals surface area (Å²) in [6, 6.07) is 2.02. The van der Waals surface area contributed by atoms with E-state index in [9.17, 15) is 14.3 Å². The molecule has 0 fully saturated rings. The third kappa shape index (κ3) is 2.02. The molecular formula is C10H11FO3. The van der Waals surface area contributed by atoms with Crippen molar-refractivity contribution < 1.29 is 19.4 Å². The molecule has 0 spiro atoms. The van der Waals surface area contributed by atoms with E-state index < -0.39 is 17.3 Å². The van der Waals surface area contributed by atoms with E-state index >= 15 is 0 Å². The number of carbonyl (C=O) groups is 1.